The minimum Gasteiger partial charge on any atom is -0.485 e. The van der Waals surface area contributed by atoms with Gasteiger partial charge in [-0.05, 0) is 12.6 Å². The number of fused-ring (bicyclic) bond motifs is 2. The number of carbonyl (C=O) groups is 1. The van der Waals surface area contributed by atoms with E-state index in [1.807, 2.05) is 0 Å². The van der Waals surface area contributed by atoms with Crippen LogP contribution in [-0.2, 0) is 0 Å². The predicted octanol–water partition coefficient (Wildman–Crippen LogP) is 1.11. The van der Waals surface area contributed by atoms with E-state index < -0.39 is 0 Å². The third-order valence-corrected chi connectivity index (χ3v) is 3.79. The Morgan fingerprint density at radius 2 is 2.00 bits per heavy atom. The Morgan fingerprint density at radius 1 is 1.17 bits per heavy atom. The highest BCUT2D eigenvalue weighted by molar-refractivity contribution is 6.01. The van der Waals surface area contributed by atoms with E-state index in [4.69, 9.17) is 14.2 Å². The molecule has 94 valence electrons. The van der Waals surface area contributed by atoms with Crippen molar-refractivity contribution in [1.82, 2.24) is 5.32 Å². The van der Waals surface area contributed by atoms with Gasteiger partial charge >= 0.3 is 0 Å². The van der Waals surface area contributed by atoms with Crippen LogP contribution in [0.1, 0.15) is 23.2 Å². The first-order valence-electron chi connectivity index (χ1n) is 6.12. The van der Waals surface area contributed by atoms with E-state index in [2.05, 4.69) is 5.32 Å². The SMILES string of the molecule is O=C1CC2(CCNC2)Oc2cc3c(cc21)OCO3. The minimum atomic E-state index is -0.363. The first-order valence-corrected chi connectivity index (χ1v) is 6.12. The van der Waals surface area contributed by atoms with E-state index >= 15 is 0 Å². The first-order chi connectivity index (χ1) is 8.76. The number of hydrogen-bond acceptors (Lipinski definition) is 5. The molecule has 0 radical (unpaired) electrons. The normalized spacial score (nSPS) is 28.3. The molecule has 5 heteroatoms. The molecule has 1 aromatic rings. The highest BCUT2D eigenvalue weighted by Gasteiger charge is 2.43. The number of nitrogens with one attached hydrogen (secondary N) is 1. The molecule has 0 bridgehead atoms. The Morgan fingerprint density at radius 3 is 2.78 bits per heavy atom. The van der Waals surface area contributed by atoms with Gasteiger partial charge in [-0.25, -0.2) is 0 Å². The molecular weight excluding hydrogens is 234 g/mol. The maximum atomic E-state index is 12.2. The molecule has 1 N–H and O–H groups in total. The molecule has 0 saturated carbocycles. The second-order valence-electron chi connectivity index (χ2n) is 5.01. The van der Waals surface area contributed by atoms with E-state index in [0.717, 1.165) is 19.5 Å². The number of ketones is 1. The third kappa shape index (κ3) is 1.34. The molecule has 1 unspecified atom stereocenters. The molecule has 1 saturated heterocycles. The minimum absolute atomic E-state index is 0.123. The van der Waals surface area contributed by atoms with Crippen LogP contribution in [-0.4, -0.2) is 31.3 Å². The Balaban J connectivity index is 1.80. The third-order valence-electron chi connectivity index (χ3n) is 3.79. The van der Waals surface area contributed by atoms with Crippen LogP contribution < -0.4 is 19.5 Å². The molecule has 3 aliphatic rings. The van der Waals surface area contributed by atoms with Gasteiger partial charge in [0, 0.05) is 19.0 Å². The summed E-state index contributed by atoms with van der Waals surface area (Å²) in [6.07, 6.45) is 1.30. The lowest BCUT2D eigenvalue weighted by molar-refractivity contribution is 0.0527. The molecule has 5 nitrogen and oxygen atoms in total. The number of carbonyl (C=O) groups excluding carboxylic acids is 1. The molecular formula is C13H13NO4. The van der Waals surface area contributed by atoms with Gasteiger partial charge in [0.25, 0.3) is 0 Å². The van der Waals surface area contributed by atoms with Crippen LogP contribution in [0.5, 0.6) is 17.2 Å². The van der Waals surface area contributed by atoms with Crippen LogP contribution >= 0.6 is 0 Å². The van der Waals surface area contributed by atoms with E-state index in [0.29, 0.717) is 29.2 Å². The molecule has 18 heavy (non-hydrogen) atoms. The van der Waals surface area contributed by atoms with Gasteiger partial charge in [-0.1, -0.05) is 0 Å². The smallest absolute Gasteiger partial charge is 0.231 e. The quantitative estimate of drug-likeness (QED) is 0.744. The number of hydrogen-bond donors (Lipinski definition) is 1. The molecule has 0 amide bonds. The molecule has 0 aliphatic carbocycles. The highest BCUT2D eigenvalue weighted by atomic mass is 16.7. The fourth-order valence-electron chi connectivity index (χ4n) is 2.84. The van der Waals surface area contributed by atoms with Crippen molar-refractivity contribution in [2.75, 3.05) is 19.9 Å². The molecule has 1 atom stereocenters. The van der Waals surface area contributed by atoms with Crippen LogP contribution in [0.15, 0.2) is 12.1 Å². The number of benzene rings is 1. The molecule has 3 aliphatic heterocycles. The first kappa shape index (κ1) is 10.2. The maximum Gasteiger partial charge on any atom is 0.231 e. The fourth-order valence-corrected chi connectivity index (χ4v) is 2.84. The van der Waals surface area contributed by atoms with E-state index in [1.165, 1.54) is 0 Å². The highest BCUT2D eigenvalue weighted by Crippen LogP contribution is 2.43. The zero-order chi connectivity index (χ0) is 12.2. The van der Waals surface area contributed by atoms with E-state index in [1.54, 1.807) is 12.1 Å². The number of ether oxygens (including phenoxy) is 3. The maximum absolute atomic E-state index is 12.2. The van der Waals surface area contributed by atoms with Gasteiger partial charge in [-0.15, -0.1) is 0 Å². The van der Waals surface area contributed by atoms with Crippen molar-refractivity contribution in [3.63, 3.8) is 0 Å². The topological polar surface area (TPSA) is 56.8 Å². The van der Waals surface area contributed by atoms with Crippen molar-refractivity contribution in [1.29, 1.82) is 0 Å². The average Bonchev–Trinajstić information content (AvgIpc) is 2.96. The number of rotatable bonds is 0. The van der Waals surface area contributed by atoms with Crippen LogP contribution in [0.3, 0.4) is 0 Å². The summed E-state index contributed by atoms with van der Waals surface area (Å²) in [6.45, 7) is 1.83. The Kier molecular flexibility index (Phi) is 1.92. The zero-order valence-electron chi connectivity index (χ0n) is 9.82. The summed E-state index contributed by atoms with van der Waals surface area (Å²) < 4.78 is 16.7. The monoisotopic (exact) mass is 247 g/mol. The zero-order valence-corrected chi connectivity index (χ0v) is 9.82. The van der Waals surface area contributed by atoms with Crippen molar-refractivity contribution in [3.05, 3.63) is 17.7 Å². The lowest BCUT2D eigenvalue weighted by atomic mass is 9.89. The molecule has 1 fully saturated rings. The van der Waals surface area contributed by atoms with Gasteiger partial charge in [0.1, 0.15) is 11.4 Å². The van der Waals surface area contributed by atoms with Gasteiger partial charge in [0.05, 0.1) is 12.0 Å². The van der Waals surface area contributed by atoms with Crippen LogP contribution in [0.4, 0.5) is 0 Å². The summed E-state index contributed by atoms with van der Waals surface area (Å²) in [5.74, 6) is 2.04. The van der Waals surface area contributed by atoms with Crippen molar-refractivity contribution in [3.8, 4) is 17.2 Å². The lowest BCUT2D eigenvalue weighted by Crippen LogP contribution is -2.43. The molecule has 3 heterocycles. The van der Waals surface area contributed by atoms with Crippen LogP contribution in [0.25, 0.3) is 0 Å². The summed E-state index contributed by atoms with van der Waals surface area (Å²) in [5, 5.41) is 3.25. The summed E-state index contributed by atoms with van der Waals surface area (Å²) in [4.78, 5) is 12.2. The average molecular weight is 247 g/mol. The molecule has 1 spiro atoms. The fraction of sp³-hybridized carbons (Fsp3) is 0.462. The van der Waals surface area contributed by atoms with Crippen LogP contribution in [0, 0.1) is 0 Å². The summed E-state index contributed by atoms with van der Waals surface area (Å²) in [5.41, 5.74) is 0.245. The molecule has 0 aromatic heterocycles. The second-order valence-corrected chi connectivity index (χ2v) is 5.01. The van der Waals surface area contributed by atoms with Gasteiger partial charge in [0.2, 0.25) is 6.79 Å². The van der Waals surface area contributed by atoms with Crippen molar-refractivity contribution in [2.24, 2.45) is 0 Å². The second kappa shape index (κ2) is 3.38. The van der Waals surface area contributed by atoms with Gasteiger partial charge < -0.3 is 19.5 Å². The Hall–Kier alpha value is -1.75. The van der Waals surface area contributed by atoms with Gasteiger partial charge in [-0.2, -0.15) is 0 Å². The van der Waals surface area contributed by atoms with Crippen molar-refractivity contribution >= 4 is 5.78 Å². The Bertz CT molecular complexity index is 534. The summed E-state index contributed by atoms with van der Waals surface area (Å²) in [7, 11) is 0. The van der Waals surface area contributed by atoms with E-state index in [9.17, 15) is 4.79 Å². The largest absolute Gasteiger partial charge is 0.485 e. The molecule has 1 aromatic carbocycles. The standard InChI is InChI=1S/C13H13NO4/c15-9-5-13(1-2-14-6-13)18-10-4-12-11(3-8(9)10)16-7-17-12/h3-4,14H,1-2,5-7H2. The molecule has 4 rings (SSSR count). The van der Waals surface area contributed by atoms with Crippen LogP contribution in [0.2, 0.25) is 0 Å². The van der Waals surface area contributed by atoms with Gasteiger partial charge in [-0.3, -0.25) is 4.79 Å². The van der Waals surface area contributed by atoms with Crippen molar-refractivity contribution in [2.45, 2.75) is 18.4 Å². The predicted molar refractivity (Wildman–Crippen MR) is 62.4 cm³/mol. The van der Waals surface area contributed by atoms with E-state index in [-0.39, 0.29) is 18.2 Å². The number of Topliss-reactive ketones (excluding diaryl/α,β-unsaturated/α-hetero) is 1. The van der Waals surface area contributed by atoms with Gasteiger partial charge in [0.15, 0.2) is 17.3 Å². The van der Waals surface area contributed by atoms with Crippen molar-refractivity contribution < 1.29 is 19.0 Å². The lowest BCUT2D eigenvalue weighted by Gasteiger charge is -2.34. The Labute approximate surface area is 104 Å². The summed E-state index contributed by atoms with van der Waals surface area (Å²) >= 11 is 0. The summed E-state index contributed by atoms with van der Waals surface area (Å²) in [6, 6.07) is 3.50.